The van der Waals surface area contributed by atoms with Crippen LogP contribution in [0.4, 0.5) is 0 Å². The fourth-order valence-corrected chi connectivity index (χ4v) is 2.87. The fraction of sp³-hybridized carbons (Fsp3) is 0.562. The second-order valence-electron chi connectivity index (χ2n) is 5.55. The molecular formula is C16H23NO3. The van der Waals surface area contributed by atoms with Crippen LogP contribution in [0, 0.1) is 5.92 Å². The topological polar surface area (TPSA) is 58.6 Å². The Kier molecular flexibility index (Phi) is 4.88. The molecule has 1 aliphatic rings. The molecule has 2 rings (SSSR count). The lowest BCUT2D eigenvalue weighted by molar-refractivity contribution is 0.0919. The van der Waals surface area contributed by atoms with Gasteiger partial charge in [0.1, 0.15) is 0 Å². The molecule has 1 fully saturated rings. The molecule has 1 unspecified atom stereocenters. The van der Waals surface area contributed by atoms with Crippen LogP contribution in [-0.2, 0) is 0 Å². The van der Waals surface area contributed by atoms with Crippen LogP contribution in [0.5, 0.6) is 11.5 Å². The van der Waals surface area contributed by atoms with Crippen LogP contribution in [0.25, 0.3) is 0 Å². The van der Waals surface area contributed by atoms with E-state index in [2.05, 4.69) is 12.2 Å². The number of phenols is 1. The highest BCUT2D eigenvalue weighted by Crippen LogP contribution is 2.28. The van der Waals surface area contributed by atoms with Gasteiger partial charge < -0.3 is 15.2 Å². The predicted octanol–water partition coefficient (Wildman–Crippen LogP) is 3.10. The van der Waals surface area contributed by atoms with E-state index < -0.39 is 0 Å². The Balaban J connectivity index is 1.98. The Morgan fingerprint density at radius 1 is 1.35 bits per heavy atom. The summed E-state index contributed by atoms with van der Waals surface area (Å²) in [5, 5.41) is 12.8. The Bertz CT molecular complexity index is 467. The molecule has 0 bridgehead atoms. The van der Waals surface area contributed by atoms with Crippen molar-refractivity contribution in [3.8, 4) is 11.5 Å². The Labute approximate surface area is 120 Å². The van der Waals surface area contributed by atoms with E-state index in [1.807, 2.05) is 0 Å². The molecular weight excluding hydrogens is 254 g/mol. The first kappa shape index (κ1) is 14.7. The summed E-state index contributed by atoms with van der Waals surface area (Å²) >= 11 is 0. The van der Waals surface area contributed by atoms with Gasteiger partial charge in [-0.05, 0) is 43.9 Å². The second kappa shape index (κ2) is 6.64. The van der Waals surface area contributed by atoms with Gasteiger partial charge in [0.25, 0.3) is 5.91 Å². The molecule has 1 amide bonds. The second-order valence-corrected chi connectivity index (χ2v) is 5.55. The Hall–Kier alpha value is -1.71. The minimum absolute atomic E-state index is 0.00882. The number of hydrogen-bond acceptors (Lipinski definition) is 3. The number of benzene rings is 1. The number of aromatic hydroxyl groups is 1. The van der Waals surface area contributed by atoms with E-state index in [0.717, 1.165) is 0 Å². The summed E-state index contributed by atoms with van der Waals surface area (Å²) in [6.07, 6.45) is 6.20. The fourth-order valence-electron chi connectivity index (χ4n) is 2.87. The van der Waals surface area contributed by atoms with Crippen molar-refractivity contribution in [2.75, 3.05) is 7.11 Å². The van der Waals surface area contributed by atoms with E-state index in [1.165, 1.54) is 45.3 Å². The van der Waals surface area contributed by atoms with Gasteiger partial charge in [-0.25, -0.2) is 0 Å². The number of hydrogen-bond donors (Lipinski definition) is 2. The first-order valence-electron chi connectivity index (χ1n) is 7.29. The molecule has 0 aliphatic heterocycles. The van der Waals surface area contributed by atoms with Crippen molar-refractivity contribution in [2.24, 2.45) is 5.92 Å². The summed E-state index contributed by atoms with van der Waals surface area (Å²) in [6.45, 7) is 2.07. The van der Waals surface area contributed by atoms with Crippen LogP contribution in [-0.4, -0.2) is 24.2 Å². The van der Waals surface area contributed by atoms with E-state index in [4.69, 9.17) is 4.74 Å². The molecule has 110 valence electrons. The van der Waals surface area contributed by atoms with Crippen molar-refractivity contribution >= 4 is 5.91 Å². The molecule has 4 heteroatoms. The third-order valence-corrected chi connectivity index (χ3v) is 4.16. The maximum Gasteiger partial charge on any atom is 0.251 e. The van der Waals surface area contributed by atoms with Crippen LogP contribution in [0.15, 0.2) is 18.2 Å². The van der Waals surface area contributed by atoms with Crippen molar-refractivity contribution < 1.29 is 14.6 Å². The van der Waals surface area contributed by atoms with Crippen LogP contribution in [0.3, 0.4) is 0 Å². The lowest BCUT2D eigenvalue weighted by Crippen LogP contribution is -2.38. The van der Waals surface area contributed by atoms with Gasteiger partial charge >= 0.3 is 0 Å². The van der Waals surface area contributed by atoms with Crippen LogP contribution in [0.2, 0.25) is 0 Å². The van der Waals surface area contributed by atoms with E-state index in [9.17, 15) is 9.90 Å². The first-order valence-corrected chi connectivity index (χ1v) is 7.29. The highest BCUT2D eigenvalue weighted by atomic mass is 16.5. The SMILES string of the molecule is COc1ccc(C(=O)NC(C)C2CCCCC2)cc1O. The first-order chi connectivity index (χ1) is 9.61. The van der Waals surface area contributed by atoms with Crippen molar-refractivity contribution in [1.82, 2.24) is 5.32 Å². The number of amides is 1. The zero-order chi connectivity index (χ0) is 14.5. The van der Waals surface area contributed by atoms with Crippen LogP contribution in [0.1, 0.15) is 49.4 Å². The molecule has 0 saturated heterocycles. The maximum atomic E-state index is 12.2. The Morgan fingerprint density at radius 3 is 2.65 bits per heavy atom. The van der Waals surface area contributed by atoms with Crippen molar-refractivity contribution in [3.05, 3.63) is 23.8 Å². The summed E-state index contributed by atoms with van der Waals surface area (Å²) in [5.74, 6) is 0.799. The number of methoxy groups -OCH3 is 1. The van der Waals surface area contributed by atoms with Gasteiger partial charge in [-0.15, -0.1) is 0 Å². The van der Waals surface area contributed by atoms with E-state index >= 15 is 0 Å². The molecule has 2 N–H and O–H groups in total. The number of ether oxygens (including phenoxy) is 1. The standard InChI is InChI=1S/C16H23NO3/c1-11(12-6-4-3-5-7-12)17-16(19)13-8-9-15(20-2)14(18)10-13/h8-12,18H,3-7H2,1-2H3,(H,17,19). The lowest BCUT2D eigenvalue weighted by Gasteiger charge is -2.28. The highest BCUT2D eigenvalue weighted by Gasteiger charge is 2.22. The quantitative estimate of drug-likeness (QED) is 0.889. The van der Waals surface area contributed by atoms with Gasteiger partial charge in [0.2, 0.25) is 0 Å². The Morgan fingerprint density at radius 2 is 2.05 bits per heavy atom. The molecule has 0 aromatic heterocycles. The molecule has 1 aliphatic carbocycles. The molecule has 1 saturated carbocycles. The third-order valence-electron chi connectivity index (χ3n) is 4.16. The number of carbonyl (C=O) groups is 1. The molecule has 0 radical (unpaired) electrons. The van der Waals surface area contributed by atoms with Crippen LogP contribution < -0.4 is 10.1 Å². The smallest absolute Gasteiger partial charge is 0.251 e. The molecule has 1 aromatic carbocycles. The lowest BCUT2D eigenvalue weighted by atomic mass is 9.84. The van der Waals surface area contributed by atoms with Crippen LogP contribution >= 0.6 is 0 Å². The maximum absolute atomic E-state index is 12.2. The summed E-state index contributed by atoms with van der Waals surface area (Å²) in [6, 6.07) is 4.89. The summed E-state index contributed by atoms with van der Waals surface area (Å²) in [5.41, 5.74) is 0.464. The van der Waals surface area contributed by atoms with E-state index in [1.54, 1.807) is 12.1 Å². The van der Waals surface area contributed by atoms with Gasteiger partial charge in [0, 0.05) is 11.6 Å². The number of carbonyl (C=O) groups excluding carboxylic acids is 1. The molecule has 0 heterocycles. The molecule has 1 aromatic rings. The van der Waals surface area contributed by atoms with Gasteiger partial charge in [0.15, 0.2) is 11.5 Å². The summed E-state index contributed by atoms with van der Waals surface area (Å²) < 4.78 is 4.97. The van der Waals surface area contributed by atoms with Gasteiger partial charge in [-0.1, -0.05) is 19.3 Å². The number of rotatable bonds is 4. The number of phenolic OH excluding ortho intramolecular Hbond substituents is 1. The van der Waals surface area contributed by atoms with Crippen molar-refractivity contribution in [1.29, 1.82) is 0 Å². The zero-order valence-electron chi connectivity index (χ0n) is 12.2. The molecule has 1 atom stereocenters. The normalized spacial score (nSPS) is 17.5. The number of nitrogens with one attached hydrogen (secondary N) is 1. The van der Waals surface area contributed by atoms with Crippen molar-refractivity contribution in [3.63, 3.8) is 0 Å². The molecule has 4 nitrogen and oxygen atoms in total. The van der Waals surface area contributed by atoms with Gasteiger partial charge in [-0.2, -0.15) is 0 Å². The average molecular weight is 277 g/mol. The highest BCUT2D eigenvalue weighted by molar-refractivity contribution is 5.95. The van der Waals surface area contributed by atoms with Gasteiger partial charge in [-0.3, -0.25) is 4.79 Å². The minimum Gasteiger partial charge on any atom is -0.504 e. The monoisotopic (exact) mass is 277 g/mol. The predicted molar refractivity (Wildman–Crippen MR) is 78.2 cm³/mol. The van der Waals surface area contributed by atoms with E-state index in [-0.39, 0.29) is 17.7 Å². The zero-order valence-corrected chi connectivity index (χ0v) is 12.2. The minimum atomic E-state index is -0.138. The average Bonchev–Trinajstić information content (AvgIpc) is 2.48. The summed E-state index contributed by atoms with van der Waals surface area (Å²) in [7, 11) is 1.49. The molecule has 0 spiro atoms. The van der Waals surface area contributed by atoms with E-state index in [0.29, 0.717) is 17.2 Å². The third kappa shape index (κ3) is 3.44. The van der Waals surface area contributed by atoms with Crippen molar-refractivity contribution in [2.45, 2.75) is 45.1 Å². The largest absolute Gasteiger partial charge is 0.504 e. The summed E-state index contributed by atoms with van der Waals surface area (Å²) in [4.78, 5) is 12.2. The molecule has 20 heavy (non-hydrogen) atoms. The van der Waals surface area contributed by atoms with Gasteiger partial charge in [0.05, 0.1) is 7.11 Å².